The maximum Gasteiger partial charge on any atom is 0.154 e. The summed E-state index contributed by atoms with van der Waals surface area (Å²) in [5.74, 6) is 2.04. The first-order valence-electron chi connectivity index (χ1n) is 8.20. The Balaban J connectivity index is 1.82. The molecule has 1 unspecified atom stereocenters. The third-order valence-corrected chi connectivity index (χ3v) is 4.69. The highest BCUT2D eigenvalue weighted by molar-refractivity contribution is 5.96. The van der Waals surface area contributed by atoms with Crippen LogP contribution < -0.4 is 4.90 Å². The summed E-state index contributed by atoms with van der Waals surface area (Å²) in [6.07, 6.45) is 10.2. The second-order valence-corrected chi connectivity index (χ2v) is 7.06. The van der Waals surface area contributed by atoms with Crippen molar-refractivity contribution in [1.29, 1.82) is 0 Å². The Morgan fingerprint density at radius 1 is 1.17 bits per heavy atom. The summed E-state index contributed by atoms with van der Waals surface area (Å²) in [4.78, 5) is 14.0. The van der Waals surface area contributed by atoms with Gasteiger partial charge in [0.25, 0.3) is 0 Å². The largest absolute Gasteiger partial charge is 0.334 e. The quantitative estimate of drug-likeness (QED) is 0.789. The zero-order valence-electron chi connectivity index (χ0n) is 13.9. The van der Waals surface area contributed by atoms with E-state index < -0.39 is 0 Å². The lowest BCUT2D eigenvalue weighted by Gasteiger charge is -2.45. The van der Waals surface area contributed by atoms with Gasteiger partial charge in [0.05, 0.1) is 11.6 Å². The maximum absolute atomic E-state index is 5.05. The van der Waals surface area contributed by atoms with Crippen LogP contribution in [0.5, 0.6) is 0 Å². The fourth-order valence-corrected chi connectivity index (χ4v) is 3.39. The minimum Gasteiger partial charge on any atom is -0.334 e. The van der Waals surface area contributed by atoms with Gasteiger partial charge in [0.1, 0.15) is 5.84 Å². The molecule has 0 radical (unpaired) electrons. The second kappa shape index (κ2) is 5.08. The highest BCUT2D eigenvalue weighted by Gasteiger charge is 2.39. The van der Waals surface area contributed by atoms with Crippen LogP contribution in [0.4, 0.5) is 5.69 Å². The Morgan fingerprint density at radius 3 is 2.74 bits per heavy atom. The van der Waals surface area contributed by atoms with E-state index in [1.165, 1.54) is 11.3 Å². The summed E-state index contributed by atoms with van der Waals surface area (Å²) < 4.78 is 0. The van der Waals surface area contributed by atoms with E-state index in [0.717, 1.165) is 24.5 Å². The summed E-state index contributed by atoms with van der Waals surface area (Å²) >= 11 is 0. The molecule has 0 spiro atoms. The van der Waals surface area contributed by atoms with E-state index in [-0.39, 0.29) is 11.6 Å². The van der Waals surface area contributed by atoms with Gasteiger partial charge in [0.2, 0.25) is 0 Å². The van der Waals surface area contributed by atoms with Crippen molar-refractivity contribution in [3.8, 4) is 0 Å². The number of anilines is 1. The lowest BCUT2D eigenvalue weighted by molar-refractivity contribution is 0.399. The van der Waals surface area contributed by atoms with E-state index in [1.54, 1.807) is 0 Å². The predicted molar refractivity (Wildman–Crippen MR) is 95.7 cm³/mol. The first-order chi connectivity index (χ1) is 11.0. The number of benzene rings is 1. The minimum atomic E-state index is -0.0117. The third kappa shape index (κ3) is 2.48. The van der Waals surface area contributed by atoms with Crippen LogP contribution in [0.25, 0.3) is 0 Å². The van der Waals surface area contributed by atoms with Gasteiger partial charge in [-0.05, 0) is 51.8 Å². The van der Waals surface area contributed by atoms with Gasteiger partial charge in [-0.1, -0.05) is 17.7 Å². The van der Waals surface area contributed by atoms with Crippen molar-refractivity contribution >= 4 is 17.7 Å². The van der Waals surface area contributed by atoms with E-state index >= 15 is 0 Å². The van der Waals surface area contributed by atoms with Crippen LogP contribution in [0, 0.1) is 6.92 Å². The molecule has 0 aliphatic carbocycles. The molecule has 0 saturated heterocycles. The molecule has 4 nitrogen and oxygen atoms in total. The average Bonchev–Trinajstić information content (AvgIpc) is 2.54. The number of fused-ring (bicyclic) bond motifs is 3. The fraction of sp³-hybridized carbons (Fsp3) is 0.368. The Kier molecular flexibility index (Phi) is 3.15. The van der Waals surface area contributed by atoms with E-state index in [4.69, 9.17) is 4.99 Å². The molecule has 0 N–H and O–H groups in total. The van der Waals surface area contributed by atoms with Crippen molar-refractivity contribution in [3.63, 3.8) is 0 Å². The Morgan fingerprint density at radius 2 is 1.96 bits per heavy atom. The van der Waals surface area contributed by atoms with Crippen LogP contribution in [-0.4, -0.2) is 28.5 Å². The summed E-state index contributed by atoms with van der Waals surface area (Å²) in [6.45, 7) is 6.54. The number of allylic oxidation sites excluding steroid dienone is 1. The van der Waals surface area contributed by atoms with Crippen molar-refractivity contribution in [3.05, 3.63) is 54.1 Å². The van der Waals surface area contributed by atoms with Crippen LogP contribution in [0.2, 0.25) is 0 Å². The van der Waals surface area contributed by atoms with E-state index in [9.17, 15) is 0 Å². The zero-order chi connectivity index (χ0) is 16.0. The molecule has 0 bridgehead atoms. The monoisotopic (exact) mass is 306 g/mol. The van der Waals surface area contributed by atoms with Gasteiger partial charge in [-0.3, -0.25) is 9.89 Å². The molecule has 4 heteroatoms. The van der Waals surface area contributed by atoms with Gasteiger partial charge in [0, 0.05) is 24.3 Å². The van der Waals surface area contributed by atoms with Gasteiger partial charge in [0.15, 0.2) is 5.82 Å². The summed E-state index contributed by atoms with van der Waals surface area (Å²) in [7, 11) is 0. The zero-order valence-corrected chi connectivity index (χ0v) is 13.9. The normalized spacial score (nSPS) is 24.7. The Hall–Kier alpha value is -2.36. The van der Waals surface area contributed by atoms with Crippen molar-refractivity contribution < 1.29 is 0 Å². The number of aliphatic imine (C=N–C) groups is 2. The first kappa shape index (κ1) is 14.2. The van der Waals surface area contributed by atoms with Crippen LogP contribution in [0.15, 0.2) is 58.5 Å². The SMILES string of the molecule is Cc1ccc(N2C=C3N=CC=CN3C3=NC(C)(C)CCC32)cc1. The van der Waals surface area contributed by atoms with Crippen molar-refractivity contribution in [1.82, 2.24) is 4.90 Å². The Bertz CT molecular complexity index is 737. The van der Waals surface area contributed by atoms with Gasteiger partial charge >= 0.3 is 0 Å². The molecule has 4 rings (SSSR count). The smallest absolute Gasteiger partial charge is 0.154 e. The molecule has 1 atom stereocenters. The number of hydrogen-bond acceptors (Lipinski definition) is 4. The molecule has 1 aromatic rings. The van der Waals surface area contributed by atoms with Crippen LogP contribution in [-0.2, 0) is 0 Å². The van der Waals surface area contributed by atoms with E-state index in [1.807, 2.05) is 12.3 Å². The number of hydrogen-bond donors (Lipinski definition) is 0. The van der Waals surface area contributed by atoms with Gasteiger partial charge < -0.3 is 4.90 Å². The first-order valence-corrected chi connectivity index (χ1v) is 8.20. The third-order valence-electron chi connectivity index (χ3n) is 4.69. The van der Waals surface area contributed by atoms with E-state index in [0.29, 0.717) is 0 Å². The van der Waals surface area contributed by atoms with Gasteiger partial charge in [-0.15, -0.1) is 0 Å². The average molecular weight is 306 g/mol. The van der Waals surface area contributed by atoms with Crippen molar-refractivity contribution in [2.45, 2.75) is 45.2 Å². The molecule has 3 heterocycles. The van der Waals surface area contributed by atoms with Crippen LogP contribution >= 0.6 is 0 Å². The Labute approximate surface area is 137 Å². The number of aryl methyl sites for hydroxylation is 1. The van der Waals surface area contributed by atoms with Crippen LogP contribution in [0.3, 0.4) is 0 Å². The molecular formula is C19H22N4. The predicted octanol–water partition coefficient (Wildman–Crippen LogP) is 3.85. The number of nitrogens with zero attached hydrogens (tertiary/aromatic N) is 4. The van der Waals surface area contributed by atoms with Crippen molar-refractivity contribution in [2.75, 3.05) is 4.90 Å². The topological polar surface area (TPSA) is 31.2 Å². The highest BCUT2D eigenvalue weighted by atomic mass is 15.4. The molecule has 0 amide bonds. The van der Waals surface area contributed by atoms with Gasteiger partial charge in [-0.25, -0.2) is 4.99 Å². The lowest BCUT2D eigenvalue weighted by atomic mass is 9.90. The molecule has 118 valence electrons. The second-order valence-electron chi connectivity index (χ2n) is 7.06. The maximum atomic E-state index is 5.05. The summed E-state index contributed by atoms with van der Waals surface area (Å²) in [5.41, 5.74) is 2.46. The van der Waals surface area contributed by atoms with E-state index in [2.05, 4.69) is 72.2 Å². The molecule has 3 aliphatic heterocycles. The fourth-order valence-electron chi connectivity index (χ4n) is 3.39. The van der Waals surface area contributed by atoms with Gasteiger partial charge in [-0.2, -0.15) is 0 Å². The molecule has 0 saturated carbocycles. The number of amidine groups is 1. The summed E-state index contributed by atoms with van der Waals surface area (Å²) in [6, 6.07) is 8.96. The standard InChI is InChI=1S/C19H22N4/c1-14-5-7-15(8-6-14)23-13-17-20-11-4-12-22(17)18-16(23)9-10-19(2,3)21-18/h4-8,11-13,16H,9-10H2,1-3H3. The minimum absolute atomic E-state index is 0.0117. The molecule has 23 heavy (non-hydrogen) atoms. The highest BCUT2D eigenvalue weighted by Crippen LogP contribution is 2.36. The van der Waals surface area contributed by atoms with Crippen LogP contribution in [0.1, 0.15) is 32.3 Å². The molecule has 1 aromatic carbocycles. The molecule has 3 aliphatic rings. The molecule has 0 fully saturated rings. The van der Waals surface area contributed by atoms with Crippen molar-refractivity contribution in [2.24, 2.45) is 9.98 Å². The molecular weight excluding hydrogens is 284 g/mol. The molecule has 0 aromatic heterocycles. The lowest BCUT2D eigenvalue weighted by Crippen LogP contribution is -2.53. The summed E-state index contributed by atoms with van der Waals surface area (Å²) in [5, 5.41) is 0. The number of rotatable bonds is 1.